The molecule has 0 heterocycles. The summed E-state index contributed by atoms with van der Waals surface area (Å²) in [5, 5.41) is 0.400. The number of hydrogen-bond acceptors (Lipinski definition) is 8. The van der Waals surface area contributed by atoms with E-state index in [1.54, 1.807) is 36.4 Å². The van der Waals surface area contributed by atoms with E-state index in [1.807, 2.05) is 72.8 Å². The van der Waals surface area contributed by atoms with Crippen molar-refractivity contribution in [3.8, 4) is 11.5 Å². The average Bonchev–Trinajstić information content (AvgIpc) is 2.99. The molecule has 4 rings (SSSR count). The minimum Gasteiger partial charge on any atom is -0.429 e. The van der Waals surface area contributed by atoms with E-state index in [2.05, 4.69) is 33.3 Å². The fourth-order valence-electron chi connectivity index (χ4n) is 2.81. The number of ether oxygens (including phenoxy) is 2. The topological polar surface area (TPSA) is 86.7 Å². The smallest absolute Gasteiger partial charge is 0.298 e. The van der Waals surface area contributed by atoms with Crippen LogP contribution in [0.2, 0.25) is 0 Å². The molecule has 4 aromatic rings. The highest BCUT2D eigenvalue weighted by atomic mass is 79.9. The molecule has 0 radical (unpaired) electrons. The highest BCUT2D eigenvalue weighted by Gasteiger charge is 2.06. The van der Waals surface area contributed by atoms with Gasteiger partial charge < -0.3 is 9.47 Å². The lowest BCUT2D eigenvalue weighted by Gasteiger charge is -2.03. The van der Waals surface area contributed by atoms with Gasteiger partial charge in [-0.2, -0.15) is 0 Å². The summed E-state index contributed by atoms with van der Waals surface area (Å²) in [5.74, 6) is 1.64. The first-order valence-electron chi connectivity index (χ1n) is 11.4. The van der Waals surface area contributed by atoms with Crippen LogP contribution in [0.1, 0.15) is 20.7 Å². The van der Waals surface area contributed by atoms with Crippen molar-refractivity contribution in [2.24, 2.45) is 0 Å². The first-order valence-corrected chi connectivity index (χ1v) is 14.0. The number of Topliss-reactive ketones (excluding diaryl/α,β-unsaturated/α-hetero) is 2. The molecule has 6 nitrogen and oxygen atoms in total. The molecule has 0 fully saturated rings. The third kappa shape index (κ3) is 12.6. The van der Waals surface area contributed by atoms with E-state index in [1.165, 1.54) is 11.8 Å². The molecule has 0 aromatic heterocycles. The van der Waals surface area contributed by atoms with E-state index in [-0.39, 0.29) is 11.6 Å². The number of ketones is 2. The van der Waals surface area contributed by atoms with E-state index in [9.17, 15) is 19.2 Å². The zero-order valence-electron chi connectivity index (χ0n) is 20.6. The maximum atomic E-state index is 11.9. The number of benzene rings is 4. The van der Waals surface area contributed by atoms with E-state index in [0.29, 0.717) is 35.5 Å². The highest BCUT2D eigenvalue weighted by molar-refractivity contribution is 9.09. The Hall–Kier alpha value is -3.66. The standard InChI is InChI=1S/C15H12O3S.C8H7BrO.C7H6O2S/c16-11-18-13-6-8-14(9-7-13)19-10-15(17)12-4-2-1-3-5-12;9-6-8(10)7-4-2-1-3-5-7;8-5-9-6-1-3-7(10)4-2-6/h1-9,11H,10H2;1-5H,6H2;1-5,10H. The summed E-state index contributed by atoms with van der Waals surface area (Å²) in [5.41, 5.74) is 1.48. The number of thiol groups is 1. The Morgan fingerprint density at radius 2 is 1.10 bits per heavy atom. The first-order chi connectivity index (χ1) is 19.0. The predicted octanol–water partition coefficient (Wildman–Crippen LogP) is 6.97. The predicted molar refractivity (Wildman–Crippen MR) is 160 cm³/mol. The van der Waals surface area contributed by atoms with E-state index < -0.39 is 0 Å². The van der Waals surface area contributed by atoms with Crippen molar-refractivity contribution in [2.75, 3.05) is 11.1 Å². The minimum atomic E-state index is 0.0961. The van der Waals surface area contributed by atoms with Gasteiger partial charge in [-0.25, -0.2) is 0 Å². The Kier molecular flexibility index (Phi) is 15.0. The number of hydrogen-bond donors (Lipinski definition) is 1. The zero-order valence-corrected chi connectivity index (χ0v) is 23.9. The lowest BCUT2D eigenvalue weighted by molar-refractivity contribution is -0.121. The van der Waals surface area contributed by atoms with E-state index in [4.69, 9.17) is 4.74 Å². The Labute approximate surface area is 245 Å². The third-order valence-corrected chi connectivity index (χ3v) is 6.53. The molecule has 0 aliphatic rings. The van der Waals surface area contributed by atoms with E-state index >= 15 is 0 Å². The number of rotatable bonds is 10. The second-order valence-electron chi connectivity index (χ2n) is 7.39. The van der Waals surface area contributed by atoms with Crippen LogP contribution < -0.4 is 9.47 Å². The van der Waals surface area contributed by atoms with Crippen LogP contribution in [-0.4, -0.2) is 35.6 Å². The second-order valence-corrected chi connectivity index (χ2v) is 9.52. The van der Waals surface area contributed by atoms with Crippen LogP contribution in [0.15, 0.2) is 119 Å². The van der Waals surface area contributed by atoms with Crippen LogP contribution in [0.4, 0.5) is 0 Å². The van der Waals surface area contributed by atoms with Gasteiger partial charge in [0.05, 0.1) is 11.1 Å². The molecule has 0 spiro atoms. The normalized spacial score (nSPS) is 9.49. The lowest BCUT2D eigenvalue weighted by Crippen LogP contribution is -2.01. The number of carbonyl (C=O) groups is 4. The summed E-state index contributed by atoms with van der Waals surface area (Å²) in [7, 11) is 0. The van der Waals surface area contributed by atoms with Crippen molar-refractivity contribution < 1.29 is 28.7 Å². The van der Waals surface area contributed by atoms with Gasteiger partial charge in [0.2, 0.25) is 0 Å². The molecular weight excluding hydrogens is 600 g/mol. The molecule has 0 unspecified atom stereocenters. The summed E-state index contributed by atoms with van der Waals surface area (Å²) in [6.45, 7) is 0.786. The van der Waals surface area contributed by atoms with Gasteiger partial charge in [0.15, 0.2) is 11.6 Å². The number of thioether (sulfide) groups is 1. The maximum absolute atomic E-state index is 11.9. The van der Waals surface area contributed by atoms with Crippen molar-refractivity contribution >= 4 is 64.8 Å². The largest absolute Gasteiger partial charge is 0.429 e. The van der Waals surface area contributed by atoms with Crippen LogP contribution in [-0.2, 0) is 9.59 Å². The molecule has 0 saturated carbocycles. The fraction of sp³-hybridized carbons (Fsp3) is 0.0667. The summed E-state index contributed by atoms with van der Waals surface area (Å²) in [6.07, 6.45) is 0. The highest BCUT2D eigenvalue weighted by Crippen LogP contribution is 2.22. The summed E-state index contributed by atoms with van der Waals surface area (Å²) >= 11 is 8.61. The lowest BCUT2D eigenvalue weighted by atomic mass is 10.2. The summed E-state index contributed by atoms with van der Waals surface area (Å²) in [6, 6.07) is 32.3. The van der Waals surface area contributed by atoms with Crippen LogP contribution in [0.5, 0.6) is 11.5 Å². The Bertz CT molecular complexity index is 1300. The Morgan fingerprint density at radius 3 is 1.54 bits per heavy atom. The summed E-state index contributed by atoms with van der Waals surface area (Å²) in [4.78, 5) is 44.6. The maximum Gasteiger partial charge on any atom is 0.298 e. The molecule has 0 amide bonds. The molecule has 0 atom stereocenters. The Morgan fingerprint density at radius 1 is 0.667 bits per heavy atom. The molecule has 200 valence electrons. The van der Waals surface area contributed by atoms with Crippen LogP contribution in [0.3, 0.4) is 0 Å². The van der Waals surface area contributed by atoms with Gasteiger partial charge in [-0.1, -0.05) is 76.6 Å². The molecule has 0 aliphatic carbocycles. The number of alkyl halides is 1. The SMILES string of the molecule is O=C(CBr)c1ccccc1.O=COc1ccc(S)cc1.O=COc1ccc(SCC(=O)c2ccccc2)cc1. The van der Waals surface area contributed by atoms with Crippen molar-refractivity contribution in [3.05, 3.63) is 120 Å². The molecule has 0 saturated heterocycles. The molecule has 4 aromatic carbocycles. The van der Waals surface area contributed by atoms with Gasteiger partial charge in [-0.15, -0.1) is 24.4 Å². The van der Waals surface area contributed by atoms with Crippen LogP contribution in [0, 0.1) is 0 Å². The molecule has 39 heavy (non-hydrogen) atoms. The third-order valence-electron chi connectivity index (χ3n) is 4.71. The van der Waals surface area contributed by atoms with Crippen molar-refractivity contribution in [2.45, 2.75) is 9.79 Å². The van der Waals surface area contributed by atoms with Crippen LogP contribution >= 0.6 is 40.3 Å². The van der Waals surface area contributed by atoms with Crippen molar-refractivity contribution in [3.63, 3.8) is 0 Å². The number of carbonyl (C=O) groups excluding carboxylic acids is 4. The molecule has 0 bridgehead atoms. The van der Waals surface area contributed by atoms with Gasteiger partial charge in [-0.3, -0.25) is 19.2 Å². The zero-order chi connectivity index (χ0) is 28.3. The number of halogens is 1. The van der Waals surface area contributed by atoms with Crippen molar-refractivity contribution in [1.29, 1.82) is 0 Å². The van der Waals surface area contributed by atoms with Gasteiger partial charge in [0.1, 0.15) is 11.5 Å². The fourth-order valence-corrected chi connectivity index (χ4v) is 4.07. The van der Waals surface area contributed by atoms with Crippen LogP contribution in [0.25, 0.3) is 0 Å². The molecule has 9 heteroatoms. The second kappa shape index (κ2) is 18.6. The van der Waals surface area contributed by atoms with Gasteiger partial charge in [-0.05, 0) is 48.5 Å². The van der Waals surface area contributed by atoms with Crippen molar-refractivity contribution in [1.82, 2.24) is 0 Å². The first kappa shape index (κ1) is 31.6. The monoisotopic (exact) mass is 624 g/mol. The summed E-state index contributed by atoms with van der Waals surface area (Å²) < 4.78 is 9.25. The van der Waals surface area contributed by atoms with E-state index in [0.717, 1.165) is 20.9 Å². The van der Waals surface area contributed by atoms with Gasteiger partial charge >= 0.3 is 0 Å². The average molecular weight is 626 g/mol. The Balaban J connectivity index is 0.000000225. The molecule has 0 N–H and O–H groups in total. The quantitative estimate of drug-likeness (QED) is 0.0670. The van der Waals surface area contributed by atoms with Gasteiger partial charge in [0, 0.05) is 20.9 Å². The molecule has 0 aliphatic heterocycles. The molecular formula is C30H25BrO6S2. The minimum absolute atomic E-state index is 0.0961. The van der Waals surface area contributed by atoms with Gasteiger partial charge in [0.25, 0.3) is 12.9 Å².